The zero-order chi connectivity index (χ0) is 33.0. The monoisotopic (exact) mass is 651 g/mol. The van der Waals surface area contributed by atoms with Gasteiger partial charge in [0.2, 0.25) is 12.3 Å². The molecule has 5 heterocycles. The number of benzene rings is 2. The summed E-state index contributed by atoms with van der Waals surface area (Å²) in [5.41, 5.74) is 5.48. The van der Waals surface area contributed by atoms with E-state index < -0.39 is 12.1 Å². The standard InChI is InChI=1S/C35H37N7O6/c1-46-35(45)40-28-20-47-15-4-16-48-31-17-24(11-12-25(31)27-19-37-33(39-27)30-6-3-14-42(30)34(28)44)22-7-9-23(10-8-22)26-18-36-32(38-26)29-5-2-13-41(29)21-43/h4,7-12,15,17-19,21,28-30H,2-3,5-6,13-14,16,20H2,1H3,(H,36,38)(H,37,39)(H,40,45)/b15-4-. The van der Waals surface area contributed by atoms with Gasteiger partial charge >= 0.3 is 6.09 Å². The molecule has 0 radical (unpaired) electrons. The normalized spacial score (nSPS) is 21.6. The number of likely N-dealkylation sites (tertiary alicyclic amines) is 1. The number of hydrogen-bond acceptors (Lipinski definition) is 8. The van der Waals surface area contributed by atoms with E-state index in [1.54, 1.807) is 22.1 Å². The fourth-order valence-corrected chi connectivity index (χ4v) is 6.68. The average molecular weight is 652 g/mol. The number of amides is 3. The van der Waals surface area contributed by atoms with Crippen LogP contribution in [0.2, 0.25) is 0 Å². The molecule has 2 aromatic heterocycles. The summed E-state index contributed by atoms with van der Waals surface area (Å²) in [5, 5.41) is 2.60. The number of alkyl carbamates (subject to hydrolysis) is 1. The Kier molecular flexibility index (Phi) is 8.82. The fourth-order valence-electron chi connectivity index (χ4n) is 6.68. The Morgan fingerprint density at radius 2 is 1.67 bits per heavy atom. The van der Waals surface area contributed by atoms with Crippen molar-refractivity contribution in [2.75, 3.05) is 33.4 Å². The van der Waals surface area contributed by atoms with E-state index in [9.17, 15) is 14.4 Å². The lowest BCUT2D eigenvalue weighted by Gasteiger charge is -2.27. The van der Waals surface area contributed by atoms with E-state index in [1.807, 2.05) is 36.5 Å². The van der Waals surface area contributed by atoms with Crippen molar-refractivity contribution in [1.29, 1.82) is 0 Å². The Labute approximate surface area is 277 Å². The van der Waals surface area contributed by atoms with E-state index in [1.165, 1.54) is 13.4 Å². The Balaban J connectivity index is 1.14. The quantitative estimate of drug-likeness (QED) is 0.262. The summed E-state index contributed by atoms with van der Waals surface area (Å²) in [6.07, 6.45) is 10.4. The summed E-state index contributed by atoms with van der Waals surface area (Å²) in [6, 6.07) is 13.1. The molecule has 0 spiro atoms. The van der Waals surface area contributed by atoms with Gasteiger partial charge in [0.25, 0.3) is 0 Å². The van der Waals surface area contributed by atoms with Crippen LogP contribution in [-0.2, 0) is 19.1 Å². The largest absolute Gasteiger partial charge is 0.499 e. The zero-order valence-corrected chi connectivity index (χ0v) is 26.6. The maximum absolute atomic E-state index is 13.6. The van der Waals surface area contributed by atoms with Crippen LogP contribution < -0.4 is 10.1 Å². The highest BCUT2D eigenvalue weighted by atomic mass is 16.5. The third-order valence-electron chi connectivity index (χ3n) is 9.15. The molecule has 48 heavy (non-hydrogen) atoms. The van der Waals surface area contributed by atoms with E-state index in [0.29, 0.717) is 18.1 Å². The van der Waals surface area contributed by atoms with Crippen LogP contribution in [0, 0.1) is 0 Å². The number of rotatable bonds is 5. The molecule has 2 fully saturated rings. The summed E-state index contributed by atoms with van der Waals surface area (Å²) < 4.78 is 16.6. The van der Waals surface area contributed by atoms with Crippen molar-refractivity contribution in [2.45, 2.75) is 43.8 Å². The van der Waals surface area contributed by atoms with E-state index in [2.05, 4.69) is 37.4 Å². The van der Waals surface area contributed by atoms with Gasteiger partial charge in [0, 0.05) is 18.7 Å². The van der Waals surface area contributed by atoms with E-state index >= 15 is 0 Å². The Morgan fingerprint density at radius 3 is 2.48 bits per heavy atom. The number of aromatic amines is 2. The van der Waals surface area contributed by atoms with Crippen LogP contribution in [0.5, 0.6) is 5.75 Å². The van der Waals surface area contributed by atoms with Gasteiger partial charge in [0.15, 0.2) is 0 Å². The number of methoxy groups -OCH3 is 1. The minimum atomic E-state index is -0.926. The molecular formula is C35H37N7O6. The van der Waals surface area contributed by atoms with Gasteiger partial charge in [0.1, 0.15) is 36.7 Å². The molecular weight excluding hydrogens is 614 g/mol. The first-order valence-electron chi connectivity index (χ1n) is 16.1. The smallest absolute Gasteiger partial charge is 0.407 e. The van der Waals surface area contributed by atoms with Gasteiger partial charge in [-0.05, 0) is 60.6 Å². The molecule has 7 rings (SSSR count). The van der Waals surface area contributed by atoms with Gasteiger partial charge < -0.3 is 39.3 Å². The first-order chi connectivity index (χ1) is 23.5. The number of carbonyl (C=O) groups excluding carboxylic acids is 3. The number of nitrogens with zero attached hydrogens (tertiary/aromatic N) is 4. The van der Waals surface area contributed by atoms with Crippen molar-refractivity contribution in [3.8, 4) is 39.4 Å². The van der Waals surface area contributed by atoms with Crippen molar-refractivity contribution >= 4 is 18.4 Å². The molecule has 3 N–H and O–H groups in total. The van der Waals surface area contributed by atoms with Crippen LogP contribution in [0.15, 0.2) is 67.2 Å². The molecule has 3 atom stereocenters. The molecule has 3 amide bonds. The highest BCUT2D eigenvalue weighted by molar-refractivity contribution is 5.86. The Bertz CT molecular complexity index is 1820. The lowest BCUT2D eigenvalue weighted by molar-refractivity contribution is -0.135. The number of carbonyl (C=O) groups is 3. The van der Waals surface area contributed by atoms with Gasteiger partial charge in [-0.2, -0.15) is 0 Å². The molecule has 3 aliphatic heterocycles. The fraction of sp³-hybridized carbons (Fsp3) is 0.343. The second kappa shape index (κ2) is 13.6. The molecule has 0 saturated carbocycles. The predicted octanol–water partition coefficient (Wildman–Crippen LogP) is 4.74. The van der Waals surface area contributed by atoms with Crippen molar-refractivity contribution in [2.24, 2.45) is 0 Å². The van der Waals surface area contributed by atoms with Gasteiger partial charge in [-0.15, -0.1) is 0 Å². The van der Waals surface area contributed by atoms with Crippen LogP contribution in [0.4, 0.5) is 4.79 Å². The summed E-state index contributed by atoms with van der Waals surface area (Å²) in [4.78, 5) is 56.6. The van der Waals surface area contributed by atoms with Gasteiger partial charge in [-0.3, -0.25) is 9.59 Å². The molecule has 0 aliphatic carbocycles. The van der Waals surface area contributed by atoms with Crippen LogP contribution in [0.3, 0.4) is 0 Å². The number of imidazole rings is 2. The van der Waals surface area contributed by atoms with E-state index in [0.717, 1.165) is 78.1 Å². The third kappa shape index (κ3) is 6.23. The molecule has 13 nitrogen and oxygen atoms in total. The van der Waals surface area contributed by atoms with Crippen molar-refractivity contribution in [3.63, 3.8) is 0 Å². The summed E-state index contributed by atoms with van der Waals surface area (Å²) in [6.45, 7) is 1.44. The second-order valence-electron chi connectivity index (χ2n) is 12.0. The van der Waals surface area contributed by atoms with Crippen LogP contribution in [0.1, 0.15) is 49.4 Å². The van der Waals surface area contributed by atoms with Gasteiger partial charge in [0.05, 0.1) is 49.2 Å². The van der Waals surface area contributed by atoms with E-state index in [4.69, 9.17) is 14.2 Å². The minimum absolute atomic E-state index is 0.00724. The maximum Gasteiger partial charge on any atom is 0.407 e. The lowest BCUT2D eigenvalue weighted by atomic mass is 10.00. The molecule has 3 aliphatic rings. The highest BCUT2D eigenvalue weighted by Gasteiger charge is 2.37. The number of hydrogen-bond donors (Lipinski definition) is 3. The summed E-state index contributed by atoms with van der Waals surface area (Å²) in [7, 11) is 1.25. The zero-order valence-electron chi connectivity index (χ0n) is 26.6. The van der Waals surface area contributed by atoms with Crippen LogP contribution in [0.25, 0.3) is 33.6 Å². The summed E-state index contributed by atoms with van der Waals surface area (Å²) >= 11 is 0. The molecule has 2 saturated heterocycles. The van der Waals surface area contributed by atoms with Gasteiger partial charge in [-0.25, -0.2) is 14.8 Å². The van der Waals surface area contributed by atoms with Crippen LogP contribution >= 0.6 is 0 Å². The number of nitrogens with one attached hydrogen (secondary N) is 3. The van der Waals surface area contributed by atoms with E-state index in [-0.39, 0.29) is 31.2 Å². The first-order valence-corrected chi connectivity index (χ1v) is 16.1. The average Bonchev–Trinajstić information content (AvgIpc) is 3.94. The SMILES string of the molecule is COC(=O)NC1CO/C=C\COc2cc(-c3ccc(-c4cnc(C5CCCN5C=O)[nH]4)cc3)ccc2-c2cnc([nH]2)C2CCCN2C1=O. The molecule has 4 aromatic rings. The number of ether oxygens (including phenoxy) is 3. The minimum Gasteiger partial charge on any atom is -0.499 e. The molecule has 3 unspecified atom stereocenters. The molecule has 248 valence electrons. The van der Waals surface area contributed by atoms with Crippen molar-refractivity contribution < 1.29 is 28.6 Å². The number of fused-ring (bicyclic) bond motifs is 6. The molecule has 13 heteroatoms. The summed E-state index contributed by atoms with van der Waals surface area (Å²) in [5.74, 6) is 1.87. The van der Waals surface area contributed by atoms with Gasteiger partial charge in [-0.1, -0.05) is 30.3 Å². The molecule has 2 aromatic carbocycles. The third-order valence-corrected chi connectivity index (χ3v) is 9.15. The highest BCUT2D eigenvalue weighted by Crippen LogP contribution is 2.37. The Morgan fingerprint density at radius 1 is 0.958 bits per heavy atom. The Hall–Kier alpha value is -5.59. The second-order valence-corrected chi connectivity index (χ2v) is 12.0. The number of aromatic nitrogens is 4. The van der Waals surface area contributed by atoms with Crippen molar-refractivity contribution in [1.82, 2.24) is 35.1 Å². The van der Waals surface area contributed by atoms with Crippen molar-refractivity contribution in [3.05, 3.63) is 78.8 Å². The topological polar surface area (TPSA) is 155 Å². The molecule has 2 bridgehead atoms. The predicted molar refractivity (Wildman–Crippen MR) is 175 cm³/mol. The van der Waals surface area contributed by atoms with Crippen LogP contribution in [-0.4, -0.2) is 87.6 Å². The lowest BCUT2D eigenvalue weighted by Crippen LogP contribution is -2.50. The maximum atomic E-state index is 13.6. The number of H-pyrrole nitrogens is 2. The first kappa shape index (κ1) is 31.0.